The van der Waals surface area contributed by atoms with Crippen molar-refractivity contribution in [2.75, 3.05) is 18.1 Å². The fraction of sp³-hybridized carbons (Fsp3) is 0.240. The van der Waals surface area contributed by atoms with E-state index >= 15 is 0 Å². The second-order valence-corrected chi connectivity index (χ2v) is 12.7. The van der Waals surface area contributed by atoms with Gasteiger partial charge in [0.05, 0.1) is 39.8 Å². The van der Waals surface area contributed by atoms with Crippen molar-refractivity contribution < 1.29 is 17.9 Å². The Balaban J connectivity index is 1.55. The SMILES string of the molecule is CCOc1ccc(-c2nn(-c3ccccc3)cc2/C=C2\SC(=S)N([C@H]3CCS(=O)(=O)C3)C2=O)cc1Cl. The molecule has 0 aliphatic carbocycles. The summed E-state index contributed by atoms with van der Waals surface area (Å²) in [5, 5.41) is 5.26. The molecule has 11 heteroatoms. The van der Waals surface area contributed by atoms with Crippen LogP contribution >= 0.6 is 35.6 Å². The highest BCUT2D eigenvalue weighted by atomic mass is 35.5. The third kappa shape index (κ3) is 4.95. The zero-order valence-electron chi connectivity index (χ0n) is 19.3. The molecule has 36 heavy (non-hydrogen) atoms. The normalized spacial score (nSPS) is 20.4. The van der Waals surface area contributed by atoms with Crippen LogP contribution in [0.4, 0.5) is 0 Å². The van der Waals surface area contributed by atoms with E-state index < -0.39 is 15.9 Å². The van der Waals surface area contributed by atoms with Crippen molar-refractivity contribution in [1.29, 1.82) is 0 Å². The summed E-state index contributed by atoms with van der Waals surface area (Å²) in [6.45, 7) is 2.39. The third-order valence-corrected chi connectivity index (χ3v) is 9.33. The van der Waals surface area contributed by atoms with E-state index in [1.807, 2.05) is 49.5 Å². The molecule has 1 aromatic heterocycles. The molecule has 1 atom stereocenters. The average molecular weight is 560 g/mol. The summed E-state index contributed by atoms with van der Waals surface area (Å²) < 4.78 is 31.6. The summed E-state index contributed by atoms with van der Waals surface area (Å²) in [5.41, 5.74) is 2.97. The number of para-hydroxylation sites is 1. The molecule has 0 radical (unpaired) electrons. The number of aromatic nitrogens is 2. The lowest BCUT2D eigenvalue weighted by Crippen LogP contribution is -2.39. The van der Waals surface area contributed by atoms with Gasteiger partial charge in [0.25, 0.3) is 5.91 Å². The fourth-order valence-electron chi connectivity index (χ4n) is 4.27. The topological polar surface area (TPSA) is 81.5 Å². The van der Waals surface area contributed by atoms with E-state index in [2.05, 4.69) is 0 Å². The Morgan fingerprint density at radius 2 is 2.03 bits per heavy atom. The minimum Gasteiger partial charge on any atom is -0.492 e. The van der Waals surface area contributed by atoms with Crippen LogP contribution < -0.4 is 4.74 Å². The van der Waals surface area contributed by atoms with Gasteiger partial charge in [-0.05, 0) is 49.8 Å². The van der Waals surface area contributed by atoms with Gasteiger partial charge in [-0.25, -0.2) is 13.1 Å². The first kappa shape index (κ1) is 25.0. The van der Waals surface area contributed by atoms with Crippen molar-refractivity contribution in [3.8, 4) is 22.7 Å². The van der Waals surface area contributed by atoms with Crippen LogP contribution in [0.2, 0.25) is 5.02 Å². The van der Waals surface area contributed by atoms with E-state index in [-0.39, 0.29) is 17.4 Å². The number of ether oxygens (including phenoxy) is 1. The van der Waals surface area contributed by atoms with Crippen molar-refractivity contribution in [1.82, 2.24) is 14.7 Å². The van der Waals surface area contributed by atoms with Crippen LogP contribution in [0.25, 0.3) is 23.0 Å². The number of carbonyl (C=O) groups excluding carboxylic acids is 1. The van der Waals surface area contributed by atoms with E-state index in [0.29, 0.717) is 44.3 Å². The standard InChI is InChI=1S/C25H22ClN3O4S3/c1-2-33-21-9-8-16(12-20(21)26)23-17(14-28(27-23)18-6-4-3-5-7-18)13-22-24(30)29(25(34)35-22)19-10-11-36(31,32)15-19/h3-9,12-14,19H,2,10-11,15H2,1H3/b22-13-/t19-/m0/s1. The second kappa shape index (κ2) is 10.0. The highest BCUT2D eigenvalue weighted by Gasteiger charge is 2.42. The quantitative estimate of drug-likeness (QED) is 0.311. The van der Waals surface area contributed by atoms with Gasteiger partial charge in [-0.3, -0.25) is 9.69 Å². The molecule has 2 aliphatic heterocycles. The molecular formula is C25H22ClN3O4S3. The van der Waals surface area contributed by atoms with Gasteiger partial charge in [-0.15, -0.1) is 0 Å². The van der Waals surface area contributed by atoms with Gasteiger partial charge >= 0.3 is 0 Å². The number of hydrogen-bond acceptors (Lipinski definition) is 7. The Kier molecular flexibility index (Phi) is 6.95. The highest BCUT2D eigenvalue weighted by molar-refractivity contribution is 8.26. The maximum Gasteiger partial charge on any atom is 0.266 e. The molecule has 2 saturated heterocycles. The van der Waals surface area contributed by atoms with E-state index in [0.717, 1.165) is 11.3 Å². The first-order chi connectivity index (χ1) is 17.3. The minimum absolute atomic E-state index is 0.0609. The number of halogens is 1. The molecule has 0 spiro atoms. The zero-order chi connectivity index (χ0) is 25.4. The average Bonchev–Trinajstić information content (AvgIpc) is 3.51. The van der Waals surface area contributed by atoms with Gasteiger partial charge < -0.3 is 4.74 Å². The summed E-state index contributed by atoms with van der Waals surface area (Å²) in [6.07, 6.45) is 4.00. The molecule has 5 rings (SSSR count). The van der Waals surface area contributed by atoms with Crippen molar-refractivity contribution in [3.63, 3.8) is 0 Å². The molecule has 0 N–H and O–H groups in total. The predicted molar refractivity (Wildman–Crippen MR) is 147 cm³/mol. The lowest BCUT2D eigenvalue weighted by atomic mass is 10.1. The molecule has 3 aromatic rings. The van der Waals surface area contributed by atoms with Crippen LogP contribution in [0.15, 0.2) is 59.6 Å². The van der Waals surface area contributed by atoms with Crippen LogP contribution in [-0.2, 0) is 14.6 Å². The van der Waals surface area contributed by atoms with Crippen LogP contribution in [0, 0.1) is 0 Å². The number of nitrogens with zero attached hydrogens (tertiary/aromatic N) is 3. The monoisotopic (exact) mass is 559 g/mol. The lowest BCUT2D eigenvalue weighted by molar-refractivity contribution is -0.123. The molecule has 186 valence electrons. The first-order valence-electron chi connectivity index (χ1n) is 11.3. The summed E-state index contributed by atoms with van der Waals surface area (Å²) in [7, 11) is -3.16. The van der Waals surface area contributed by atoms with Crippen LogP contribution in [0.3, 0.4) is 0 Å². The molecule has 3 heterocycles. The molecule has 1 amide bonds. The largest absolute Gasteiger partial charge is 0.492 e. The smallest absolute Gasteiger partial charge is 0.266 e. The number of benzene rings is 2. The molecular weight excluding hydrogens is 538 g/mol. The molecule has 7 nitrogen and oxygen atoms in total. The number of thioether (sulfide) groups is 1. The van der Waals surface area contributed by atoms with Crippen molar-refractivity contribution in [2.24, 2.45) is 0 Å². The number of amides is 1. The maximum absolute atomic E-state index is 13.3. The van der Waals surface area contributed by atoms with Crippen molar-refractivity contribution in [3.05, 3.63) is 70.2 Å². The molecule has 2 fully saturated rings. The molecule has 0 unspecified atom stereocenters. The van der Waals surface area contributed by atoms with Gasteiger partial charge in [-0.2, -0.15) is 5.10 Å². The Bertz CT molecular complexity index is 1490. The zero-order valence-corrected chi connectivity index (χ0v) is 22.5. The van der Waals surface area contributed by atoms with E-state index in [9.17, 15) is 13.2 Å². The maximum atomic E-state index is 13.3. The van der Waals surface area contributed by atoms with Gasteiger partial charge in [0.2, 0.25) is 0 Å². The molecule has 2 aromatic carbocycles. The van der Waals surface area contributed by atoms with Gasteiger partial charge in [0.15, 0.2) is 9.84 Å². The number of hydrogen-bond donors (Lipinski definition) is 0. The number of rotatable bonds is 6. The molecule has 0 saturated carbocycles. The summed E-state index contributed by atoms with van der Waals surface area (Å²) in [6, 6.07) is 14.7. The number of sulfone groups is 1. The fourth-order valence-corrected chi connectivity index (χ4v) is 7.59. The van der Waals surface area contributed by atoms with Crippen LogP contribution in [-0.4, -0.2) is 57.5 Å². The van der Waals surface area contributed by atoms with Gasteiger partial charge in [0.1, 0.15) is 15.8 Å². The van der Waals surface area contributed by atoms with E-state index in [1.165, 1.54) is 16.7 Å². The van der Waals surface area contributed by atoms with E-state index in [4.69, 9.17) is 33.7 Å². The first-order valence-corrected chi connectivity index (χ1v) is 14.7. The minimum atomic E-state index is -3.16. The van der Waals surface area contributed by atoms with Gasteiger partial charge in [0, 0.05) is 17.3 Å². The van der Waals surface area contributed by atoms with Crippen molar-refractivity contribution >= 4 is 61.7 Å². The van der Waals surface area contributed by atoms with Crippen LogP contribution in [0.5, 0.6) is 5.75 Å². The summed E-state index contributed by atoms with van der Waals surface area (Å²) in [4.78, 5) is 15.2. The van der Waals surface area contributed by atoms with Crippen LogP contribution in [0.1, 0.15) is 18.9 Å². The number of carbonyl (C=O) groups is 1. The number of thiocarbonyl (C=S) groups is 1. The predicted octanol–water partition coefficient (Wildman–Crippen LogP) is 4.98. The Labute approximate surface area is 224 Å². The second-order valence-electron chi connectivity index (χ2n) is 8.40. The summed E-state index contributed by atoms with van der Waals surface area (Å²) in [5.74, 6) is 0.309. The lowest BCUT2D eigenvalue weighted by Gasteiger charge is -2.20. The van der Waals surface area contributed by atoms with Gasteiger partial charge in [-0.1, -0.05) is 53.8 Å². The third-order valence-electron chi connectivity index (χ3n) is 5.95. The van der Waals surface area contributed by atoms with E-state index in [1.54, 1.807) is 22.9 Å². The Morgan fingerprint density at radius 3 is 2.69 bits per heavy atom. The summed E-state index contributed by atoms with van der Waals surface area (Å²) >= 11 is 13.1. The highest BCUT2D eigenvalue weighted by Crippen LogP contribution is 2.38. The Hall–Kier alpha value is -2.66. The Morgan fingerprint density at radius 1 is 1.25 bits per heavy atom. The molecule has 0 bridgehead atoms. The molecule has 2 aliphatic rings. The van der Waals surface area contributed by atoms with Crippen molar-refractivity contribution in [2.45, 2.75) is 19.4 Å².